The molecular formula is C12H15BrO2. The van der Waals surface area contributed by atoms with Gasteiger partial charge in [0.15, 0.2) is 5.78 Å². The predicted octanol–water partition coefficient (Wildman–Crippen LogP) is 3.28. The highest BCUT2D eigenvalue weighted by atomic mass is 79.9. The lowest BCUT2D eigenvalue weighted by atomic mass is 9.97. The number of aryl methyl sites for hydroxylation is 2. The van der Waals surface area contributed by atoms with Crippen molar-refractivity contribution in [2.24, 2.45) is 0 Å². The molecular weight excluding hydrogens is 256 g/mol. The van der Waals surface area contributed by atoms with Crippen LogP contribution in [0.5, 0.6) is 5.75 Å². The van der Waals surface area contributed by atoms with Crippen LogP contribution in [0.1, 0.15) is 27.9 Å². The summed E-state index contributed by atoms with van der Waals surface area (Å²) < 4.78 is 5.15. The third kappa shape index (κ3) is 2.81. The van der Waals surface area contributed by atoms with Crippen LogP contribution in [0.25, 0.3) is 0 Å². The number of methoxy groups -OCH3 is 1. The number of carbonyl (C=O) groups is 1. The molecule has 0 unspecified atom stereocenters. The molecule has 82 valence electrons. The molecule has 3 heteroatoms. The van der Waals surface area contributed by atoms with Crippen molar-refractivity contribution in [2.75, 3.05) is 12.4 Å². The summed E-state index contributed by atoms with van der Waals surface area (Å²) in [5.74, 6) is 0.991. The Balaban J connectivity index is 3.13. The van der Waals surface area contributed by atoms with Gasteiger partial charge >= 0.3 is 0 Å². The first-order valence-corrected chi connectivity index (χ1v) is 5.96. The number of carbonyl (C=O) groups excluding carboxylic acids is 1. The van der Waals surface area contributed by atoms with E-state index in [9.17, 15) is 4.79 Å². The van der Waals surface area contributed by atoms with Crippen LogP contribution in [-0.4, -0.2) is 18.2 Å². The Bertz CT molecular complexity index is 349. The Hall–Kier alpha value is -0.830. The predicted molar refractivity (Wildman–Crippen MR) is 65.2 cm³/mol. The zero-order valence-electron chi connectivity index (χ0n) is 9.26. The van der Waals surface area contributed by atoms with Crippen LogP contribution in [0.4, 0.5) is 0 Å². The Morgan fingerprint density at radius 1 is 1.33 bits per heavy atom. The van der Waals surface area contributed by atoms with E-state index in [0.29, 0.717) is 11.8 Å². The van der Waals surface area contributed by atoms with E-state index in [-0.39, 0.29) is 5.78 Å². The van der Waals surface area contributed by atoms with E-state index in [1.54, 1.807) is 7.11 Å². The molecule has 15 heavy (non-hydrogen) atoms. The van der Waals surface area contributed by atoms with Crippen LogP contribution >= 0.6 is 15.9 Å². The fourth-order valence-electron chi connectivity index (χ4n) is 1.69. The zero-order valence-corrected chi connectivity index (χ0v) is 10.8. The Morgan fingerprint density at radius 2 is 1.87 bits per heavy atom. The molecule has 1 aromatic rings. The molecule has 0 amide bonds. The van der Waals surface area contributed by atoms with E-state index in [2.05, 4.69) is 15.9 Å². The summed E-state index contributed by atoms with van der Waals surface area (Å²) in [6, 6.07) is 3.79. The van der Waals surface area contributed by atoms with E-state index in [1.165, 1.54) is 0 Å². The maximum Gasteiger partial charge on any atom is 0.164 e. The molecule has 0 aliphatic heterocycles. The molecule has 0 saturated carbocycles. The number of ketones is 1. The minimum atomic E-state index is 0.185. The Morgan fingerprint density at radius 3 is 2.27 bits per heavy atom. The second kappa shape index (κ2) is 5.31. The van der Waals surface area contributed by atoms with Crippen LogP contribution in [-0.2, 0) is 0 Å². The van der Waals surface area contributed by atoms with Crippen molar-refractivity contribution in [3.8, 4) is 5.75 Å². The lowest BCUT2D eigenvalue weighted by Gasteiger charge is -2.10. The first-order chi connectivity index (χ1) is 7.10. The molecule has 1 aromatic carbocycles. The van der Waals surface area contributed by atoms with Crippen LogP contribution in [0.15, 0.2) is 12.1 Å². The molecule has 2 nitrogen and oxygen atoms in total. The molecule has 0 aromatic heterocycles. The number of benzene rings is 1. The van der Waals surface area contributed by atoms with Gasteiger partial charge in [0.1, 0.15) is 5.75 Å². The normalized spacial score (nSPS) is 10.1. The molecule has 0 fully saturated rings. The summed E-state index contributed by atoms with van der Waals surface area (Å²) in [7, 11) is 1.63. The fourth-order valence-corrected chi connectivity index (χ4v) is 2.05. The summed E-state index contributed by atoms with van der Waals surface area (Å²) >= 11 is 3.28. The van der Waals surface area contributed by atoms with E-state index >= 15 is 0 Å². The van der Waals surface area contributed by atoms with Gasteiger partial charge in [0.2, 0.25) is 0 Å². The van der Waals surface area contributed by atoms with Gasteiger partial charge in [-0.3, -0.25) is 4.79 Å². The summed E-state index contributed by atoms with van der Waals surface area (Å²) in [4.78, 5) is 11.8. The average Bonchev–Trinajstić information content (AvgIpc) is 2.16. The second-order valence-corrected chi connectivity index (χ2v) is 4.29. The topological polar surface area (TPSA) is 26.3 Å². The van der Waals surface area contributed by atoms with Crippen molar-refractivity contribution in [3.05, 3.63) is 28.8 Å². The van der Waals surface area contributed by atoms with Crippen molar-refractivity contribution < 1.29 is 9.53 Å². The minimum absolute atomic E-state index is 0.185. The minimum Gasteiger partial charge on any atom is -0.497 e. The van der Waals surface area contributed by atoms with Gasteiger partial charge in [-0.2, -0.15) is 0 Å². The van der Waals surface area contributed by atoms with Gasteiger partial charge in [0, 0.05) is 17.3 Å². The highest BCUT2D eigenvalue weighted by Crippen LogP contribution is 2.22. The van der Waals surface area contributed by atoms with Crippen molar-refractivity contribution in [3.63, 3.8) is 0 Å². The van der Waals surface area contributed by atoms with E-state index in [1.807, 2.05) is 26.0 Å². The molecule has 0 aliphatic carbocycles. The maximum atomic E-state index is 11.8. The first kappa shape index (κ1) is 12.2. The van der Waals surface area contributed by atoms with Crippen LogP contribution in [0.3, 0.4) is 0 Å². The number of halogens is 1. The van der Waals surface area contributed by atoms with Crippen LogP contribution in [0, 0.1) is 13.8 Å². The highest BCUT2D eigenvalue weighted by molar-refractivity contribution is 9.09. The molecule has 0 N–H and O–H groups in total. The number of hydrogen-bond donors (Lipinski definition) is 0. The smallest absolute Gasteiger partial charge is 0.164 e. The zero-order chi connectivity index (χ0) is 11.4. The van der Waals surface area contributed by atoms with Gasteiger partial charge in [0.05, 0.1) is 7.11 Å². The number of alkyl halides is 1. The summed E-state index contributed by atoms with van der Waals surface area (Å²) in [6.07, 6.45) is 0.536. The number of hydrogen-bond acceptors (Lipinski definition) is 2. The van der Waals surface area contributed by atoms with Crippen LogP contribution in [0.2, 0.25) is 0 Å². The fraction of sp³-hybridized carbons (Fsp3) is 0.417. The molecule has 0 radical (unpaired) electrons. The summed E-state index contributed by atoms with van der Waals surface area (Å²) in [6.45, 7) is 3.88. The van der Waals surface area contributed by atoms with Gasteiger partial charge < -0.3 is 4.74 Å². The van der Waals surface area contributed by atoms with Crippen LogP contribution < -0.4 is 4.74 Å². The van der Waals surface area contributed by atoms with Gasteiger partial charge in [-0.15, -0.1) is 0 Å². The number of rotatable bonds is 4. The monoisotopic (exact) mass is 270 g/mol. The molecule has 1 rings (SSSR count). The standard InChI is InChI=1S/C12H15BrO2/c1-8-6-10(15-3)7-9(2)12(8)11(14)4-5-13/h6-7H,4-5H2,1-3H3. The maximum absolute atomic E-state index is 11.8. The van der Waals surface area contributed by atoms with Crippen molar-refractivity contribution >= 4 is 21.7 Å². The largest absolute Gasteiger partial charge is 0.497 e. The molecule has 0 bridgehead atoms. The van der Waals surface area contributed by atoms with Crippen molar-refractivity contribution in [2.45, 2.75) is 20.3 Å². The Kier molecular flexibility index (Phi) is 4.33. The molecule has 0 spiro atoms. The third-order valence-corrected chi connectivity index (χ3v) is 2.74. The summed E-state index contributed by atoms with van der Waals surface area (Å²) in [5, 5.41) is 0.705. The van der Waals surface area contributed by atoms with E-state index in [4.69, 9.17) is 4.74 Å². The van der Waals surface area contributed by atoms with E-state index in [0.717, 1.165) is 22.4 Å². The third-order valence-electron chi connectivity index (χ3n) is 2.34. The number of Topliss-reactive ketones (excluding diaryl/α,β-unsaturated/α-hetero) is 1. The number of ether oxygens (including phenoxy) is 1. The summed E-state index contributed by atoms with van der Waals surface area (Å²) in [5.41, 5.74) is 2.80. The molecule has 0 aliphatic rings. The van der Waals surface area contributed by atoms with Gasteiger partial charge in [-0.25, -0.2) is 0 Å². The lowest BCUT2D eigenvalue weighted by molar-refractivity contribution is 0.0988. The Labute approximate surface area is 98.8 Å². The molecule has 0 heterocycles. The van der Waals surface area contributed by atoms with Gasteiger partial charge in [0.25, 0.3) is 0 Å². The molecule has 0 atom stereocenters. The first-order valence-electron chi connectivity index (χ1n) is 4.84. The SMILES string of the molecule is COc1cc(C)c(C(=O)CCBr)c(C)c1. The quantitative estimate of drug-likeness (QED) is 0.620. The average molecular weight is 271 g/mol. The van der Waals surface area contributed by atoms with Crippen molar-refractivity contribution in [1.29, 1.82) is 0 Å². The highest BCUT2D eigenvalue weighted by Gasteiger charge is 2.12. The van der Waals surface area contributed by atoms with Gasteiger partial charge in [-0.1, -0.05) is 15.9 Å². The second-order valence-electron chi connectivity index (χ2n) is 3.50. The molecule has 0 saturated heterocycles. The van der Waals surface area contributed by atoms with Crippen molar-refractivity contribution in [1.82, 2.24) is 0 Å². The van der Waals surface area contributed by atoms with Gasteiger partial charge in [-0.05, 0) is 37.1 Å². The van der Waals surface area contributed by atoms with E-state index < -0.39 is 0 Å². The lowest BCUT2D eigenvalue weighted by Crippen LogP contribution is -2.05.